The minimum Gasteiger partial charge on any atom is -0.594 e. The summed E-state index contributed by atoms with van der Waals surface area (Å²) < 4.78 is 3.44. The summed E-state index contributed by atoms with van der Waals surface area (Å²) in [5.74, 6) is 0.664. The third-order valence-electron chi connectivity index (χ3n) is 3.21. The molecule has 1 atom stereocenters. The second kappa shape index (κ2) is 6.30. The lowest BCUT2D eigenvalue weighted by Gasteiger charge is -2.10. The molecule has 0 saturated carbocycles. The van der Waals surface area contributed by atoms with E-state index in [1.54, 1.807) is 28.3 Å². The van der Waals surface area contributed by atoms with Crippen molar-refractivity contribution >= 4 is 29.2 Å². The minimum absolute atomic E-state index is 0.00598. The molecular formula is C13H13ClN6O2S. The van der Waals surface area contributed by atoms with Crippen molar-refractivity contribution in [1.29, 1.82) is 0 Å². The van der Waals surface area contributed by atoms with Crippen molar-refractivity contribution in [3.63, 3.8) is 0 Å². The molecule has 0 aliphatic rings. The van der Waals surface area contributed by atoms with E-state index >= 15 is 0 Å². The van der Waals surface area contributed by atoms with Crippen LogP contribution < -0.4 is 5.23 Å². The van der Waals surface area contributed by atoms with E-state index in [-0.39, 0.29) is 5.82 Å². The molecule has 0 aliphatic heterocycles. The van der Waals surface area contributed by atoms with Crippen LogP contribution in [0.5, 0.6) is 0 Å². The van der Waals surface area contributed by atoms with E-state index in [9.17, 15) is 10.4 Å². The third-order valence-corrected chi connectivity index (χ3v) is 4.68. The molecule has 0 aliphatic carbocycles. The van der Waals surface area contributed by atoms with Gasteiger partial charge in [-0.3, -0.25) is 0 Å². The summed E-state index contributed by atoms with van der Waals surface area (Å²) in [7, 11) is 3.56. The van der Waals surface area contributed by atoms with Gasteiger partial charge in [-0.1, -0.05) is 11.6 Å². The highest BCUT2D eigenvalue weighted by molar-refractivity contribution is 7.99. The Balaban J connectivity index is 1.94. The van der Waals surface area contributed by atoms with Crippen molar-refractivity contribution in [2.24, 2.45) is 14.1 Å². The first kappa shape index (κ1) is 16.0. The summed E-state index contributed by atoms with van der Waals surface area (Å²) >= 11 is 7.10. The molecule has 23 heavy (non-hydrogen) atoms. The van der Waals surface area contributed by atoms with E-state index in [1.165, 1.54) is 18.1 Å². The van der Waals surface area contributed by atoms with Gasteiger partial charge in [0.25, 0.3) is 5.82 Å². The molecule has 1 aromatic carbocycles. The minimum atomic E-state index is -1.08. The SMILES string of the molecule is Cn1cnc([NH+]([O-])O)c1Sc1nnc(-c2ccc(Cl)cc2)n1C. The first-order chi connectivity index (χ1) is 11.0. The fourth-order valence-electron chi connectivity index (χ4n) is 2.03. The number of nitrogens with one attached hydrogen (secondary N) is 1. The van der Waals surface area contributed by atoms with Crippen LogP contribution in [0.4, 0.5) is 5.82 Å². The third kappa shape index (κ3) is 3.09. The summed E-state index contributed by atoms with van der Waals surface area (Å²) in [6.45, 7) is 0. The monoisotopic (exact) mass is 352 g/mol. The number of nitrogens with zero attached hydrogens (tertiary/aromatic N) is 5. The number of aromatic nitrogens is 5. The number of benzene rings is 1. The Kier molecular flexibility index (Phi) is 4.37. The maximum atomic E-state index is 11.2. The van der Waals surface area contributed by atoms with Gasteiger partial charge in [0, 0.05) is 24.7 Å². The van der Waals surface area contributed by atoms with Crippen LogP contribution in [0.3, 0.4) is 0 Å². The van der Waals surface area contributed by atoms with Crippen molar-refractivity contribution in [2.75, 3.05) is 0 Å². The van der Waals surface area contributed by atoms with Gasteiger partial charge in [-0.2, -0.15) is 10.2 Å². The van der Waals surface area contributed by atoms with E-state index in [2.05, 4.69) is 15.2 Å². The Morgan fingerprint density at radius 1 is 1.22 bits per heavy atom. The van der Waals surface area contributed by atoms with Gasteiger partial charge in [-0.05, 0) is 36.0 Å². The van der Waals surface area contributed by atoms with Gasteiger partial charge in [-0.15, -0.1) is 10.2 Å². The summed E-state index contributed by atoms with van der Waals surface area (Å²) in [5.41, 5.74) is 0.875. The van der Waals surface area contributed by atoms with E-state index < -0.39 is 5.23 Å². The molecule has 0 spiro atoms. The predicted octanol–water partition coefficient (Wildman–Crippen LogP) is 1.42. The molecule has 2 heterocycles. The number of aryl methyl sites for hydroxylation is 1. The molecule has 0 saturated heterocycles. The van der Waals surface area contributed by atoms with Crippen molar-refractivity contribution in [3.8, 4) is 11.4 Å². The van der Waals surface area contributed by atoms with E-state index in [0.717, 1.165) is 5.56 Å². The standard InChI is InChI=1S/C13H13ClN6O2S/c1-18-7-15-11(20(21)22)12(18)23-13-17-16-10(19(13)2)8-3-5-9(14)6-4-8/h3-7,20-21H,1-2H3. The van der Waals surface area contributed by atoms with Gasteiger partial charge in [0.05, 0.1) is 0 Å². The van der Waals surface area contributed by atoms with Crippen LogP contribution in [0.25, 0.3) is 11.4 Å². The van der Waals surface area contributed by atoms with Gasteiger partial charge in [0.1, 0.15) is 6.33 Å². The van der Waals surface area contributed by atoms with Crippen molar-refractivity contribution in [2.45, 2.75) is 10.2 Å². The van der Waals surface area contributed by atoms with Gasteiger partial charge >= 0.3 is 0 Å². The summed E-state index contributed by atoms with van der Waals surface area (Å²) in [5, 5.41) is 29.4. The van der Waals surface area contributed by atoms with Crippen molar-refractivity contribution in [1.82, 2.24) is 24.3 Å². The zero-order chi connectivity index (χ0) is 16.6. The van der Waals surface area contributed by atoms with Gasteiger partial charge < -0.3 is 14.3 Å². The number of hydrogen-bond donors (Lipinski definition) is 2. The zero-order valence-electron chi connectivity index (χ0n) is 12.3. The number of rotatable bonds is 4. The molecular weight excluding hydrogens is 340 g/mol. The first-order valence-electron chi connectivity index (χ1n) is 6.55. The average Bonchev–Trinajstić information content (AvgIpc) is 3.05. The zero-order valence-corrected chi connectivity index (χ0v) is 13.8. The topological polar surface area (TPSA) is 96.3 Å². The van der Waals surface area contributed by atoms with Crippen LogP contribution in [0.2, 0.25) is 5.02 Å². The van der Waals surface area contributed by atoms with Crippen LogP contribution in [0.15, 0.2) is 40.8 Å². The molecule has 0 bridgehead atoms. The molecule has 3 rings (SSSR count). The molecule has 10 heteroatoms. The van der Waals surface area contributed by atoms with Crippen LogP contribution in [0, 0.1) is 5.21 Å². The lowest BCUT2D eigenvalue weighted by atomic mass is 10.2. The molecule has 3 aromatic rings. The van der Waals surface area contributed by atoms with E-state index in [1.807, 2.05) is 19.2 Å². The van der Waals surface area contributed by atoms with E-state index in [0.29, 0.717) is 21.0 Å². The Labute approximate surface area is 140 Å². The van der Waals surface area contributed by atoms with Gasteiger partial charge in [-0.25, -0.2) is 5.21 Å². The lowest BCUT2D eigenvalue weighted by Crippen LogP contribution is -2.99. The van der Waals surface area contributed by atoms with Crippen LogP contribution in [-0.2, 0) is 14.1 Å². The first-order valence-corrected chi connectivity index (χ1v) is 7.74. The second-order valence-electron chi connectivity index (χ2n) is 4.79. The summed E-state index contributed by atoms with van der Waals surface area (Å²) in [4.78, 5) is 3.89. The van der Waals surface area contributed by atoms with Gasteiger partial charge in [0.2, 0.25) is 0 Å². The highest BCUT2D eigenvalue weighted by Crippen LogP contribution is 2.31. The highest BCUT2D eigenvalue weighted by Gasteiger charge is 2.20. The molecule has 2 N–H and O–H groups in total. The Morgan fingerprint density at radius 3 is 2.57 bits per heavy atom. The van der Waals surface area contributed by atoms with Crippen LogP contribution in [0.1, 0.15) is 0 Å². The molecule has 0 amide bonds. The second-order valence-corrected chi connectivity index (χ2v) is 6.18. The Hall–Kier alpha value is -1.91. The van der Waals surface area contributed by atoms with Crippen molar-refractivity contribution in [3.05, 3.63) is 40.8 Å². The molecule has 1 unspecified atom stereocenters. The average molecular weight is 353 g/mol. The van der Waals surface area contributed by atoms with Crippen molar-refractivity contribution < 1.29 is 10.4 Å². The number of hydrogen-bond acceptors (Lipinski definition) is 6. The van der Waals surface area contributed by atoms with E-state index in [4.69, 9.17) is 11.6 Å². The quantitative estimate of drug-likeness (QED) is 0.689. The maximum absolute atomic E-state index is 11.2. The largest absolute Gasteiger partial charge is 0.594 e. The Bertz CT molecular complexity index is 830. The summed E-state index contributed by atoms with van der Waals surface area (Å²) in [6.07, 6.45) is 1.46. The smallest absolute Gasteiger partial charge is 0.291 e. The molecule has 120 valence electrons. The number of imidazole rings is 1. The molecule has 2 aromatic heterocycles. The van der Waals surface area contributed by atoms with Gasteiger partial charge in [0.15, 0.2) is 16.0 Å². The number of quaternary nitrogens is 1. The normalized spacial score (nSPS) is 12.6. The fourth-order valence-corrected chi connectivity index (χ4v) is 3.06. The molecule has 0 fully saturated rings. The number of halogens is 1. The molecule has 8 nitrogen and oxygen atoms in total. The predicted molar refractivity (Wildman–Crippen MR) is 84.6 cm³/mol. The lowest BCUT2D eigenvalue weighted by molar-refractivity contribution is -0.994. The van der Waals surface area contributed by atoms with Crippen LogP contribution in [-0.4, -0.2) is 29.5 Å². The Morgan fingerprint density at radius 2 is 1.91 bits per heavy atom. The highest BCUT2D eigenvalue weighted by atomic mass is 35.5. The summed E-state index contributed by atoms with van der Waals surface area (Å²) in [6, 6.07) is 7.27. The molecule has 0 radical (unpaired) electrons. The fraction of sp³-hybridized carbons (Fsp3) is 0.154. The maximum Gasteiger partial charge on any atom is 0.291 e. The van der Waals surface area contributed by atoms with Crippen LogP contribution >= 0.6 is 23.4 Å².